The molecule has 0 saturated heterocycles. The standard InChI is InChI=1S/C22H22O8/c1-5-27-22(24)19-11(2)30-14-9-16-15(28-10-29-16)8-13(14)20(19)12-6-17(25-3)21(23)18(7-12)26-4/h6-9,20,23H,5,10H2,1-4H3/t20-/m1/s1. The van der Waals surface area contributed by atoms with Gasteiger partial charge in [-0.05, 0) is 37.6 Å². The highest BCUT2D eigenvalue weighted by Gasteiger charge is 2.37. The minimum Gasteiger partial charge on any atom is -0.502 e. The Kier molecular flexibility index (Phi) is 5.07. The fourth-order valence-electron chi connectivity index (χ4n) is 3.73. The first kappa shape index (κ1) is 19.8. The van der Waals surface area contributed by atoms with Gasteiger partial charge in [0.2, 0.25) is 12.5 Å². The minimum atomic E-state index is -0.564. The number of phenols is 1. The molecule has 2 aromatic rings. The van der Waals surface area contributed by atoms with Crippen LogP contribution in [0.3, 0.4) is 0 Å². The van der Waals surface area contributed by atoms with Crippen molar-refractivity contribution >= 4 is 5.97 Å². The Morgan fingerprint density at radius 3 is 2.30 bits per heavy atom. The van der Waals surface area contributed by atoms with Crippen molar-refractivity contribution in [2.75, 3.05) is 27.6 Å². The van der Waals surface area contributed by atoms with Crippen LogP contribution in [0.15, 0.2) is 35.6 Å². The molecule has 1 atom stereocenters. The van der Waals surface area contributed by atoms with Crippen LogP contribution >= 0.6 is 0 Å². The quantitative estimate of drug-likeness (QED) is 0.744. The van der Waals surface area contributed by atoms with Crippen molar-refractivity contribution in [3.63, 3.8) is 0 Å². The number of esters is 1. The lowest BCUT2D eigenvalue weighted by Gasteiger charge is -2.29. The van der Waals surface area contributed by atoms with E-state index in [4.69, 9.17) is 28.4 Å². The van der Waals surface area contributed by atoms with Gasteiger partial charge >= 0.3 is 5.97 Å². The summed E-state index contributed by atoms with van der Waals surface area (Å²) < 4.78 is 32.9. The molecule has 0 radical (unpaired) electrons. The smallest absolute Gasteiger partial charge is 0.338 e. The molecule has 2 aromatic carbocycles. The summed E-state index contributed by atoms with van der Waals surface area (Å²) in [6.45, 7) is 3.78. The number of ether oxygens (including phenoxy) is 6. The van der Waals surface area contributed by atoms with Crippen LogP contribution in [0, 0.1) is 0 Å². The number of fused-ring (bicyclic) bond motifs is 2. The van der Waals surface area contributed by atoms with Crippen LogP contribution in [-0.4, -0.2) is 38.7 Å². The van der Waals surface area contributed by atoms with E-state index in [1.165, 1.54) is 14.2 Å². The molecule has 8 nitrogen and oxygen atoms in total. The first-order valence-electron chi connectivity index (χ1n) is 9.42. The van der Waals surface area contributed by atoms with E-state index in [0.29, 0.717) is 39.7 Å². The van der Waals surface area contributed by atoms with Crippen molar-refractivity contribution < 1.29 is 38.3 Å². The third-order valence-corrected chi connectivity index (χ3v) is 5.08. The van der Waals surface area contributed by atoms with Crippen LogP contribution in [-0.2, 0) is 9.53 Å². The fourth-order valence-corrected chi connectivity index (χ4v) is 3.73. The van der Waals surface area contributed by atoms with Crippen molar-refractivity contribution in [3.8, 4) is 34.5 Å². The van der Waals surface area contributed by atoms with Crippen LogP contribution < -0.4 is 23.7 Å². The molecule has 8 heteroatoms. The van der Waals surface area contributed by atoms with Gasteiger partial charge in [0, 0.05) is 17.5 Å². The number of phenolic OH excluding ortho intramolecular Hbond substituents is 1. The maximum Gasteiger partial charge on any atom is 0.338 e. The zero-order chi connectivity index (χ0) is 21.4. The summed E-state index contributed by atoms with van der Waals surface area (Å²) in [5, 5.41) is 10.3. The third kappa shape index (κ3) is 3.14. The van der Waals surface area contributed by atoms with Gasteiger partial charge in [-0.1, -0.05) is 0 Å². The molecule has 2 aliphatic rings. The molecule has 0 aliphatic carbocycles. The van der Waals surface area contributed by atoms with Crippen LogP contribution in [0.25, 0.3) is 0 Å². The monoisotopic (exact) mass is 414 g/mol. The van der Waals surface area contributed by atoms with Gasteiger partial charge < -0.3 is 33.5 Å². The largest absolute Gasteiger partial charge is 0.502 e. The predicted molar refractivity (Wildman–Crippen MR) is 106 cm³/mol. The predicted octanol–water partition coefficient (Wildman–Crippen LogP) is 3.50. The Labute approximate surface area is 173 Å². The molecule has 0 unspecified atom stereocenters. The normalized spacial score (nSPS) is 16.6. The lowest BCUT2D eigenvalue weighted by Crippen LogP contribution is -2.23. The Bertz CT molecular complexity index is 1010. The van der Waals surface area contributed by atoms with E-state index in [0.717, 1.165) is 0 Å². The molecule has 0 fully saturated rings. The molecular formula is C22H22O8. The van der Waals surface area contributed by atoms with Crippen molar-refractivity contribution in [2.24, 2.45) is 0 Å². The van der Waals surface area contributed by atoms with Gasteiger partial charge in [-0.15, -0.1) is 0 Å². The number of aromatic hydroxyl groups is 1. The van der Waals surface area contributed by atoms with E-state index >= 15 is 0 Å². The summed E-state index contributed by atoms with van der Waals surface area (Å²) in [6.07, 6.45) is 0. The van der Waals surface area contributed by atoms with Gasteiger partial charge in [0.15, 0.2) is 23.0 Å². The first-order valence-corrected chi connectivity index (χ1v) is 9.42. The molecule has 0 amide bonds. The second-order valence-electron chi connectivity index (χ2n) is 6.74. The second kappa shape index (κ2) is 7.70. The number of rotatable bonds is 5. The number of hydrogen-bond acceptors (Lipinski definition) is 8. The van der Waals surface area contributed by atoms with E-state index in [9.17, 15) is 9.90 Å². The van der Waals surface area contributed by atoms with Crippen molar-refractivity contribution in [1.29, 1.82) is 0 Å². The highest BCUT2D eigenvalue weighted by molar-refractivity contribution is 5.93. The summed E-state index contributed by atoms with van der Waals surface area (Å²) in [4.78, 5) is 12.9. The van der Waals surface area contributed by atoms with Crippen LogP contribution in [0.1, 0.15) is 30.9 Å². The molecule has 4 rings (SSSR count). The maximum atomic E-state index is 12.9. The molecule has 30 heavy (non-hydrogen) atoms. The minimum absolute atomic E-state index is 0.112. The van der Waals surface area contributed by atoms with Gasteiger partial charge in [0.05, 0.1) is 26.4 Å². The summed E-state index contributed by atoms with van der Waals surface area (Å²) in [5.74, 6) is 1.35. The highest BCUT2D eigenvalue weighted by Crippen LogP contribution is 2.51. The van der Waals surface area contributed by atoms with Gasteiger partial charge in [-0.3, -0.25) is 0 Å². The molecule has 1 N–H and O–H groups in total. The van der Waals surface area contributed by atoms with Crippen LogP contribution in [0.4, 0.5) is 0 Å². The van der Waals surface area contributed by atoms with E-state index in [-0.39, 0.29) is 30.6 Å². The number of hydrogen-bond donors (Lipinski definition) is 1. The van der Waals surface area contributed by atoms with Gasteiger partial charge in [0.1, 0.15) is 11.5 Å². The van der Waals surface area contributed by atoms with Gasteiger partial charge in [-0.25, -0.2) is 4.79 Å². The summed E-state index contributed by atoms with van der Waals surface area (Å²) in [6, 6.07) is 6.86. The fraction of sp³-hybridized carbons (Fsp3) is 0.318. The highest BCUT2D eigenvalue weighted by atomic mass is 16.7. The Morgan fingerprint density at radius 1 is 1.07 bits per heavy atom. The first-order chi connectivity index (χ1) is 14.5. The second-order valence-corrected chi connectivity index (χ2v) is 6.74. The van der Waals surface area contributed by atoms with Gasteiger partial charge in [0.25, 0.3) is 0 Å². The zero-order valence-electron chi connectivity index (χ0n) is 17.1. The number of carbonyl (C=O) groups excluding carboxylic acids is 1. The number of carbonyl (C=O) groups is 1. The summed E-state index contributed by atoms with van der Waals surface area (Å²) in [5.41, 5.74) is 1.70. The van der Waals surface area contributed by atoms with E-state index in [1.807, 2.05) is 0 Å². The Hall–Kier alpha value is -3.55. The number of allylic oxidation sites excluding steroid dienone is 1. The third-order valence-electron chi connectivity index (χ3n) is 5.08. The van der Waals surface area contributed by atoms with Crippen molar-refractivity contribution in [1.82, 2.24) is 0 Å². The number of benzene rings is 2. The van der Waals surface area contributed by atoms with Crippen LogP contribution in [0.5, 0.6) is 34.5 Å². The maximum absolute atomic E-state index is 12.9. The van der Waals surface area contributed by atoms with Crippen molar-refractivity contribution in [2.45, 2.75) is 19.8 Å². The van der Waals surface area contributed by atoms with E-state index in [1.54, 1.807) is 38.1 Å². The lowest BCUT2D eigenvalue weighted by atomic mass is 9.81. The van der Waals surface area contributed by atoms with Crippen LogP contribution in [0.2, 0.25) is 0 Å². The zero-order valence-corrected chi connectivity index (χ0v) is 17.1. The summed E-state index contributed by atoms with van der Waals surface area (Å²) in [7, 11) is 2.89. The molecule has 0 spiro atoms. The SMILES string of the molecule is CCOC(=O)C1=C(C)Oc2cc3c(cc2[C@H]1c1cc(OC)c(O)c(OC)c1)OCO3. The van der Waals surface area contributed by atoms with E-state index < -0.39 is 11.9 Å². The topological polar surface area (TPSA) is 92.7 Å². The Morgan fingerprint density at radius 2 is 1.70 bits per heavy atom. The molecule has 2 heterocycles. The lowest BCUT2D eigenvalue weighted by molar-refractivity contribution is -0.139. The van der Waals surface area contributed by atoms with Gasteiger partial charge in [-0.2, -0.15) is 0 Å². The average molecular weight is 414 g/mol. The molecular weight excluding hydrogens is 392 g/mol. The molecule has 0 saturated carbocycles. The Balaban J connectivity index is 1.95. The van der Waals surface area contributed by atoms with Crippen molar-refractivity contribution in [3.05, 3.63) is 46.7 Å². The molecule has 0 aromatic heterocycles. The average Bonchev–Trinajstić information content (AvgIpc) is 3.19. The number of methoxy groups -OCH3 is 2. The molecule has 2 aliphatic heterocycles. The summed E-state index contributed by atoms with van der Waals surface area (Å²) >= 11 is 0. The van der Waals surface area contributed by atoms with E-state index in [2.05, 4.69) is 0 Å². The molecule has 158 valence electrons. The molecule has 0 bridgehead atoms.